The molecule has 1 spiro atoms. The zero-order valence-corrected chi connectivity index (χ0v) is 24.8. The summed E-state index contributed by atoms with van der Waals surface area (Å²) in [7, 11) is 3.07. The standard InChI is InChI=1S/C33H39N3O5/c1-21-15-28(39-5)26(25-11-13-36(29(21)25)31(38)41-32(2,3)4)20-35-14-12-33(16-22(17-33)19-34)18-27(35)23-7-9-24(10-8-23)30(37)40-6/h7-11,13,15,22,27H,12,14,16-18,20H2,1-6H3/t22?,27-,33?/m0/s1. The molecule has 1 aliphatic carbocycles. The molecule has 1 saturated carbocycles. The van der Waals surface area contributed by atoms with Crippen LogP contribution in [-0.4, -0.2) is 47.9 Å². The molecule has 2 heterocycles. The number of esters is 1. The van der Waals surface area contributed by atoms with Crippen molar-refractivity contribution in [1.82, 2.24) is 9.47 Å². The van der Waals surface area contributed by atoms with Crippen molar-refractivity contribution >= 4 is 23.0 Å². The minimum atomic E-state index is -0.608. The smallest absolute Gasteiger partial charge is 0.419 e. The van der Waals surface area contributed by atoms with Gasteiger partial charge in [-0.05, 0) is 101 Å². The molecule has 0 unspecified atom stereocenters. The number of carbonyl (C=O) groups is 2. The molecule has 41 heavy (non-hydrogen) atoms. The first-order valence-electron chi connectivity index (χ1n) is 14.2. The Labute approximate surface area is 241 Å². The molecular weight excluding hydrogens is 518 g/mol. The fourth-order valence-electron chi connectivity index (χ4n) is 6.68. The second-order valence-electron chi connectivity index (χ2n) is 12.6. The lowest BCUT2D eigenvalue weighted by atomic mass is 9.56. The molecule has 2 fully saturated rings. The van der Waals surface area contributed by atoms with Crippen LogP contribution in [0.1, 0.15) is 79.5 Å². The second-order valence-corrected chi connectivity index (χ2v) is 12.6. The van der Waals surface area contributed by atoms with E-state index in [1.54, 1.807) is 17.9 Å². The number of aryl methyl sites for hydroxylation is 1. The van der Waals surface area contributed by atoms with Crippen LogP contribution in [0.4, 0.5) is 4.79 Å². The third-order valence-corrected chi connectivity index (χ3v) is 8.66. The Hall–Kier alpha value is -3.83. The zero-order chi connectivity index (χ0) is 29.5. The molecule has 0 bridgehead atoms. The molecule has 0 radical (unpaired) electrons. The summed E-state index contributed by atoms with van der Waals surface area (Å²) < 4.78 is 18.1. The van der Waals surface area contributed by atoms with Crippen molar-refractivity contribution in [1.29, 1.82) is 5.26 Å². The molecule has 2 aromatic carbocycles. The molecule has 1 aromatic heterocycles. The highest BCUT2D eigenvalue weighted by molar-refractivity contribution is 5.95. The summed E-state index contributed by atoms with van der Waals surface area (Å²) in [5, 5.41) is 10.4. The van der Waals surface area contributed by atoms with E-state index in [2.05, 4.69) is 11.0 Å². The number of piperidine rings is 1. The number of carbonyl (C=O) groups excluding carboxylic acids is 2. The number of hydrogen-bond donors (Lipinski definition) is 0. The molecule has 1 aliphatic heterocycles. The Balaban J connectivity index is 1.52. The lowest BCUT2D eigenvalue weighted by Crippen LogP contribution is -2.48. The average Bonchev–Trinajstić information content (AvgIpc) is 3.38. The van der Waals surface area contributed by atoms with Crippen LogP contribution >= 0.6 is 0 Å². The van der Waals surface area contributed by atoms with Crippen molar-refractivity contribution in [3.8, 4) is 11.8 Å². The fraction of sp³-hybridized carbons (Fsp3) is 0.485. The van der Waals surface area contributed by atoms with E-state index in [-0.39, 0.29) is 23.3 Å². The highest BCUT2D eigenvalue weighted by Crippen LogP contribution is 2.57. The van der Waals surface area contributed by atoms with Gasteiger partial charge in [0.05, 0.1) is 31.4 Å². The van der Waals surface area contributed by atoms with Gasteiger partial charge in [0.25, 0.3) is 0 Å². The number of hydrogen-bond acceptors (Lipinski definition) is 7. The maximum Gasteiger partial charge on any atom is 0.419 e. The van der Waals surface area contributed by atoms with E-state index in [0.717, 1.165) is 65.6 Å². The normalized spacial score (nSPS) is 22.7. The van der Waals surface area contributed by atoms with Crippen molar-refractivity contribution in [3.63, 3.8) is 0 Å². The van der Waals surface area contributed by atoms with Gasteiger partial charge in [-0.3, -0.25) is 9.47 Å². The number of likely N-dealkylation sites (tertiary alicyclic amines) is 1. The van der Waals surface area contributed by atoms with Crippen molar-refractivity contribution in [2.45, 2.75) is 71.6 Å². The summed E-state index contributed by atoms with van der Waals surface area (Å²) in [5.74, 6) is 0.559. The summed E-state index contributed by atoms with van der Waals surface area (Å²) in [4.78, 5) is 27.6. The fourth-order valence-corrected chi connectivity index (χ4v) is 6.68. The van der Waals surface area contributed by atoms with E-state index in [0.29, 0.717) is 12.1 Å². The average molecular weight is 558 g/mol. The van der Waals surface area contributed by atoms with E-state index in [4.69, 9.17) is 14.2 Å². The molecular formula is C33H39N3O5. The molecule has 8 heteroatoms. The quantitative estimate of drug-likeness (QED) is 0.319. The number of fused-ring (bicyclic) bond motifs is 1. The van der Waals surface area contributed by atoms with E-state index >= 15 is 0 Å². The number of nitrogens with zero attached hydrogens (tertiary/aromatic N) is 3. The second kappa shape index (κ2) is 10.9. The molecule has 1 atom stereocenters. The first-order valence-corrected chi connectivity index (χ1v) is 14.2. The van der Waals surface area contributed by atoms with E-state index < -0.39 is 11.7 Å². The number of aromatic nitrogens is 1. The summed E-state index contributed by atoms with van der Waals surface area (Å²) in [6, 6.07) is 14.2. The Morgan fingerprint density at radius 2 is 1.80 bits per heavy atom. The molecule has 3 aromatic rings. The van der Waals surface area contributed by atoms with Crippen LogP contribution in [0.25, 0.3) is 10.9 Å². The van der Waals surface area contributed by atoms with Crippen LogP contribution in [0.15, 0.2) is 42.6 Å². The van der Waals surface area contributed by atoms with Crippen LogP contribution in [0.2, 0.25) is 0 Å². The van der Waals surface area contributed by atoms with Gasteiger partial charge in [0, 0.05) is 35.7 Å². The molecule has 1 saturated heterocycles. The Morgan fingerprint density at radius 3 is 2.41 bits per heavy atom. The maximum absolute atomic E-state index is 13.1. The van der Waals surface area contributed by atoms with Gasteiger partial charge >= 0.3 is 12.1 Å². The maximum atomic E-state index is 13.1. The SMILES string of the molecule is COC(=O)c1ccc([C@@H]2CC3(CCN2Cc2c(OC)cc(C)c4c2ccn4C(=O)OC(C)(C)C)CC(C#N)C3)cc1. The predicted octanol–water partition coefficient (Wildman–Crippen LogP) is 6.79. The number of nitriles is 1. The minimum Gasteiger partial charge on any atom is -0.496 e. The monoisotopic (exact) mass is 557 g/mol. The number of methoxy groups -OCH3 is 2. The van der Waals surface area contributed by atoms with Crippen LogP contribution < -0.4 is 4.74 Å². The lowest BCUT2D eigenvalue weighted by molar-refractivity contribution is -0.0298. The summed E-state index contributed by atoms with van der Waals surface area (Å²) in [6.07, 6.45) is 5.21. The molecule has 5 rings (SSSR count). The number of ether oxygens (including phenoxy) is 3. The minimum absolute atomic E-state index is 0.101. The Bertz CT molecular complexity index is 1500. The topological polar surface area (TPSA) is 93.8 Å². The molecule has 0 amide bonds. The molecule has 216 valence electrons. The summed E-state index contributed by atoms with van der Waals surface area (Å²) in [5.41, 5.74) is 3.97. The number of rotatable bonds is 5. The van der Waals surface area contributed by atoms with Gasteiger partial charge in [-0.25, -0.2) is 9.59 Å². The van der Waals surface area contributed by atoms with Gasteiger partial charge in [-0.1, -0.05) is 12.1 Å². The highest BCUT2D eigenvalue weighted by Gasteiger charge is 2.49. The van der Waals surface area contributed by atoms with Gasteiger partial charge < -0.3 is 14.2 Å². The third-order valence-electron chi connectivity index (χ3n) is 8.66. The Morgan fingerprint density at radius 1 is 1.10 bits per heavy atom. The lowest BCUT2D eigenvalue weighted by Gasteiger charge is -2.53. The van der Waals surface area contributed by atoms with Crippen molar-refractivity contribution in [2.24, 2.45) is 11.3 Å². The summed E-state index contributed by atoms with van der Waals surface area (Å²) >= 11 is 0. The van der Waals surface area contributed by atoms with Crippen LogP contribution in [-0.2, 0) is 16.0 Å². The first-order chi connectivity index (χ1) is 19.5. The molecule has 0 N–H and O–H groups in total. The first kappa shape index (κ1) is 28.7. The predicted molar refractivity (Wildman–Crippen MR) is 156 cm³/mol. The Kier molecular flexibility index (Phi) is 7.60. The largest absolute Gasteiger partial charge is 0.496 e. The third kappa shape index (κ3) is 5.56. The zero-order valence-electron chi connectivity index (χ0n) is 24.8. The van der Waals surface area contributed by atoms with Gasteiger partial charge in [0.15, 0.2) is 0 Å². The van der Waals surface area contributed by atoms with Gasteiger partial charge in [-0.2, -0.15) is 5.26 Å². The molecule has 8 nitrogen and oxygen atoms in total. The van der Waals surface area contributed by atoms with Crippen molar-refractivity contribution in [2.75, 3.05) is 20.8 Å². The van der Waals surface area contributed by atoms with Crippen molar-refractivity contribution < 1.29 is 23.8 Å². The van der Waals surface area contributed by atoms with Crippen molar-refractivity contribution in [3.05, 3.63) is 64.8 Å². The van der Waals surface area contributed by atoms with E-state index in [1.807, 2.05) is 64.1 Å². The van der Waals surface area contributed by atoms with Gasteiger partial charge in [0.1, 0.15) is 11.4 Å². The van der Waals surface area contributed by atoms with Gasteiger partial charge in [0.2, 0.25) is 0 Å². The van der Waals surface area contributed by atoms with Crippen LogP contribution in [0.5, 0.6) is 5.75 Å². The highest BCUT2D eigenvalue weighted by atomic mass is 16.6. The van der Waals surface area contributed by atoms with Gasteiger partial charge in [-0.15, -0.1) is 0 Å². The molecule has 2 aliphatic rings. The van der Waals surface area contributed by atoms with E-state index in [9.17, 15) is 14.9 Å². The summed E-state index contributed by atoms with van der Waals surface area (Å²) in [6.45, 7) is 9.06. The van der Waals surface area contributed by atoms with Crippen LogP contribution in [0, 0.1) is 29.6 Å². The van der Waals surface area contributed by atoms with Crippen LogP contribution in [0.3, 0.4) is 0 Å². The number of benzene rings is 2. The van der Waals surface area contributed by atoms with E-state index in [1.165, 1.54) is 7.11 Å².